The van der Waals surface area contributed by atoms with Crippen LogP contribution in [0, 0.1) is 5.82 Å². The summed E-state index contributed by atoms with van der Waals surface area (Å²) in [4.78, 5) is 12.7. The predicted molar refractivity (Wildman–Crippen MR) is 111 cm³/mol. The number of sulfonamides is 1. The van der Waals surface area contributed by atoms with Gasteiger partial charge in [0.25, 0.3) is 5.91 Å². The minimum atomic E-state index is -3.51. The van der Waals surface area contributed by atoms with Gasteiger partial charge in [-0.05, 0) is 67.4 Å². The summed E-state index contributed by atoms with van der Waals surface area (Å²) in [7, 11) is -3.51. The third-order valence-corrected chi connectivity index (χ3v) is 6.89. The van der Waals surface area contributed by atoms with Gasteiger partial charge < -0.3 is 5.32 Å². The molecule has 2 aromatic carbocycles. The smallest absolute Gasteiger partial charge is 0.276 e. The number of nitrogens with zero attached hydrogens (tertiary/aromatic N) is 3. The summed E-state index contributed by atoms with van der Waals surface area (Å²) in [6, 6.07) is 13.4. The summed E-state index contributed by atoms with van der Waals surface area (Å²) < 4.78 is 41.4. The highest BCUT2D eigenvalue weighted by molar-refractivity contribution is 7.89. The number of rotatable bonds is 5. The third kappa shape index (κ3) is 4.27. The molecule has 1 fully saturated rings. The van der Waals surface area contributed by atoms with Gasteiger partial charge in [-0.3, -0.25) is 4.79 Å². The van der Waals surface area contributed by atoms with Crippen LogP contribution in [0.3, 0.4) is 0 Å². The van der Waals surface area contributed by atoms with Crippen LogP contribution < -0.4 is 5.32 Å². The van der Waals surface area contributed by atoms with E-state index in [0.717, 1.165) is 19.3 Å². The molecule has 1 saturated heterocycles. The molecule has 3 aromatic rings. The minimum absolute atomic E-state index is 0.185. The van der Waals surface area contributed by atoms with E-state index < -0.39 is 15.9 Å². The lowest BCUT2D eigenvalue weighted by Gasteiger charge is -2.25. The average molecular weight is 428 g/mol. The lowest BCUT2D eigenvalue weighted by molar-refractivity contribution is 0.102. The van der Waals surface area contributed by atoms with E-state index in [1.165, 1.54) is 33.3 Å². The first-order chi connectivity index (χ1) is 14.4. The standard InChI is InChI=1S/C21H21FN4O3S/c22-16-4-8-18(9-5-16)26-15-12-20(24-26)21(27)23-17-6-10-19(11-7-17)30(28,29)25-13-2-1-3-14-25/h4-12,15H,1-3,13-14H2,(H,23,27). The number of nitrogens with one attached hydrogen (secondary N) is 1. The first-order valence-electron chi connectivity index (χ1n) is 9.67. The Bertz CT molecular complexity index is 1140. The topological polar surface area (TPSA) is 84.3 Å². The minimum Gasteiger partial charge on any atom is -0.321 e. The molecular formula is C21H21FN4O3S. The van der Waals surface area contributed by atoms with Gasteiger partial charge >= 0.3 is 0 Å². The van der Waals surface area contributed by atoms with E-state index in [9.17, 15) is 17.6 Å². The van der Waals surface area contributed by atoms with Crippen molar-refractivity contribution in [2.45, 2.75) is 24.2 Å². The van der Waals surface area contributed by atoms with Crippen LogP contribution in [0.25, 0.3) is 5.69 Å². The molecule has 0 radical (unpaired) electrons. The Morgan fingerprint density at radius 1 is 0.933 bits per heavy atom. The fourth-order valence-corrected chi connectivity index (χ4v) is 4.86. The number of hydrogen-bond donors (Lipinski definition) is 1. The van der Waals surface area contributed by atoms with Gasteiger partial charge in [0.05, 0.1) is 10.6 Å². The summed E-state index contributed by atoms with van der Waals surface area (Å²) in [5.74, 6) is -0.780. The molecule has 0 atom stereocenters. The van der Waals surface area contributed by atoms with Crippen molar-refractivity contribution in [3.63, 3.8) is 0 Å². The van der Waals surface area contributed by atoms with E-state index in [2.05, 4.69) is 10.4 Å². The first-order valence-corrected chi connectivity index (χ1v) is 11.1. The van der Waals surface area contributed by atoms with E-state index in [1.807, 2.05) is 0 Å². The molecule has 1 aliphatic heterocycles. The van der Waals surface area contributed by atoms with Gasteiger partial charge in [0.2, 0.25) is 10.0 Å². The molecule has 1 N–H and O–H groups in total. The van der Waals surface area contributed by atoms with E-state index in [-0.39, 0.29) is 16.4 Å². The van der Waals surface area contributed by atoms with Gasteiger partial charge in [0, 0.05) is 25.0 Å². The van der Waals surface area contributed by atoms with Crippen molar-refractivity contribution in [2.75, 3.05) is 18.4 Å². The van der Waals surface area contributed by atoms with Gasteiger partial charge in [0.15, 0.2) is 5.69 Å². The highest BCUT2D eigenvalue weighted by Gasteiger charge is 2.25. The van der Waals surface area contributed by atoms with Crippen molar-refractivity contribution in [3.8, 4) is 5.69 Å². The van der Waals surface area contributed by atoms with Crippen molar-refractivity contribution < 1.29 is 17.6 Å². The number of benzene rings is 2. The number of carbonyl (C=O) groups excluding carboxylic acids is 1. The Morgan fingerprint density at radius 3 is 2.27 bits per heavy atom. The number of piperidine rings is 1. The second-order valence-corrected chi connectivity index (χ2v) is 9.00. The molecular weight excluding hydrogens is 407 g/mol. The lowest BCUT2D eigenvalue weighted by Crippen LogP contribution is -2.35. The first kappa shape index (κ1) is 20.2. The highest BCUT2D eigenvalue weighted by atomic mass is 32.2. The summed E-state index contributed by atoms with van der Waals surface area (Å²) in [6.45, 7) is 1.08. The van der Waals surface area contributed by atoms with Crippen LogP contribution >= 0.6 is 0 Å². The second-order valence-electron chi connectivity index (χ2n) is 7.07. The van der Waals surface area contributed by atoms with E-state index in [1.54, 1.807) is 36.5 Å². The van der Waals surface area contributed by atoms with Crippen LogP contribution in [0.1, 0.15) is 29.8 Å². The van der Waals surface area contributed by atoms with Gasteiger partial charge in [0.1, 0.15) is 5.82 Å². The number of halogens is 1. The van der Waals surface area contributed by atoms with Crippen LogP contribution in [0.2, 0.25) is 0 Å². The predicted octanol–water partition coefficient (Wildman–Crippen LogP) is 3.44. The lowest BCUT2D eigenvalue weighted by atomic mass is 10.2. The maximum atomic E-state index is 13.1. The van der Waals surface area contributed by atoms with Crippen LogP contribution in [0.15, 0.2) is 65.7 Å². The van der Waals surface area contributed by atoms with Crippen LogP contribution in [0.5, 0.6) is 0 Å². The van der Waals surface area contributed by atoms with E-state index in [0.29, 0.717) is 24.5 Å². The molecule has 1 aromatic heterocycles. The fraction of sp³-hybridized carbons (Fsp3) is 0.238. The average Bonchev–Trinajstić information content (AvgIpc) is 3.26. The Hall–Kier alpha value is -3.04. The monoisotopic (exact) mass is 428 g/mol. The van der Waals surface area contributed by atoms with Crippen molar-refractivity contribution in [3.05, 3.63) is 72.3 Å². The maximum Gasteiger partial charge on any atom is 0.276 e. The Labute approximate surface area is 174 Å². The second kappa shape index (κ2) is 8.37. The number of hydrogen-bond acceptors (Lipinski definition) is 4. The molecule has 2 heterocycles. The molecule has 30 heavy (non-hydrogen) atoms. The molecule has 0 bridgehead atoms. The van der Waals surface area contributed by atoms with Gasteiger partial charge in [-0.1, -0.05) is 6.42 Å². The number of amides is 1. The maximum absolute atomic E-state index is 13.1. The van der Waals surface area contributed by atoms with E-state index in [4.69, 9.17) is 0 Å². The summed E-state index contributed by atoms with van der Waals surface area (Å²) >= 11 is 0. The van der Waals surface area contributed by atoms with Crippen molar-refractivity contribution in [1.29, 1.82) is 0 Å². The molecule has 156 valence electrons. The normalized spacial score (nSPS) is 15.1. The Morgan fingerprint density at radius 2 is 1.60 bits per heavy atom. The van der Waals surface area contributed by atoms with Crippen LogP contribution in [-0.2, 0) is 10.0 Å². The molecule has 1 amide bonds. The van der Waals surface area contributed by atoms with Crippen molar-refractivity contribution in [2.24, 2.45) is 0 Å². The molecule has 0 unspecified atom stereocenters. The fourth-order valence-electron chi connectivity index (χ4n) is 3.34. The zero-order valence-corrected chi connectivity index (χ0v) is 17.0. The highest BCUT2D eigenvalue weighted by Crippen LogP contribution is 2.22. The third-order valence-electron chi connectivity index (χ3n) is 4.98. The molecule has 4 rings (SSSR count). The zero-order chi connectivity index (χ0) is 21.1. The van der Waals surface area contributed by atoms with Gasteiger partial charge in [-0.2, -0.15) is 9.40 Å². The summed E-state index contributed by atoms with van der Waals surface area (Å²) in [5.41, 5.74) is 1.28. The van der Waals surface area contributed by atoms with Crippen LogP contribution in [-0.4, -0.2) is 41.5 Å². The largest absolute Gasteiger partial charge is 0.321 e. The molecule has 7 nitrogen and oxygen atoms in total. The van der Waals surface area contributed by atoms with Crippen molar-refractivity contribution >= 4 is 21.6 Å². The van der Waals surface area contributed by atoms with Gasteiger partial charge in [-0.25, -0.2) is 17.5 Å². The van der Waals surface area contributed by atoms with E-state index >= 15 is 0 Å². The number of anilines is 1. The summed E-state index contributed by atoms with van der Waals surface area (Å²) in [5, 5.41) is 6.91. The van der Waals surface area contributed by atoms with Crippen molar-refractivity contribution in [1.82, 2.24) is 14.1 Å². The molecule has 1 aliphatic rings. The molecule has 0 saturated carbocycles. The quantitative estimate of drug-likeness (QED) is 0.675. The Balaban J connectivity index is 1.44. The van der Waals surface area contributed by atoms with Crippen LogP contribution in [0.4, 0.5) is 10.1 Å². The van der Waals surface area contributed by atoms with Gasteiger partial charge in [-0.15, -0.1) is 0 Å². The Kier molecular flexibility index (Phi) is 5.65. The number of aromatic nitrogens is 2. The molecule has 0 spiro atoms. The SMILES string of the molecule is O=C(Nc1ccc(S(=O)(=O)N2CCCCC2)cc1)c1ccn(-c2ccc(F)cc2)n1. The summed E-state index contributed by atoms with van der Waals surface area (Å²) in [6.07, 6.45) is 4.40. The molecule has 0 aliphatic carbocycles. The number of carbonyl (C=O) groups is 1. The zero-order valence-electron chi connectivity index (χ0n) is 16.2. The molecule has 9 heteroatoms.